The van der Waals surface area contributed by atoms with Gasteiger partial charge in [-0.05, 0) is 55.8 Å². The molecule has 0 aromatic heterocycles. The highest BCUT2D eigenvalue weighted by atomic mass is 16.5. The van der Waals surface area contributed by atoms with Crippen molar-refractivity contribution < 1.29 is 19.1 Å². The summed E-state index contributed by atoms with van der Waals surface area (Å²) in [5, 5.41) is 2.85. The topological polar surface area (TPSA) is 71.1 Å². The predicted octanol–water partition coefficient (Wildman–Crippen LogP) is 3.16. The molecule has 0 aliphatic carbocycles. The molecule has 2 aromatic rings. The summed E-state index contributed by atoms with van der Waals surface area (Å²) in [5.74, 6) is -0.439. The van der Waals surface area contributed by atoms with Crippen LogP contribution in [-0.4, -0.2) is 62.7 Å². The van der Waals surface area contributed by atoms with Gasteiger partial charge in [-0.15, -0.1) is 0 Å². The number of hydrogen-bond acceptors (Lipinski definition) is 5. The second-order valence-electron chi connectivity index (χ2n) is 7.91. The van der Waals surface area contributed by atoms with Crippen LogP contribution in [0.3, 0.4) is 0 Å². The van der Waals surface area contributed by atoms with Gasteiger partial charge in [0.2, 0.25) is 5.91 Å². The first-order chi connectivity index (χ1) is 14.9. The van der Waals surface area contributed by atoms with E-state index in [0.29, 0.717) is 17.9 Å². The first-order valence-corrected chi connectivity index (χ1v) is 10.6. The molecule has 0 saturated carbocycles. The first-order valence-electron chi connectivity index (χ1n) is 10.6. The predicted molar refractivity (Wildman–Crippen MR) is 121 cm³/mol. The minimum Gasteiger partial charge on any atom is -0.378 e. The molecule has 1 saturated heterocycles. The number of ether oxygens (including phenoxy) is 2. The van der Waals surface area contributed by atoms with Gasteiger partial charge in [0.05, 0.1) is 32.5 Å². The molecule has 1 N–H and O–H groups in total. The Labute approximate surface area is 183 Å². The smallest absolute Gasteiger partial charge is 0.254 e. The van der Waals surface area contributed by atoms with Gasteiger partial charge < -0.3 is 24.6 Å². The number of hydrogen-bond donors (Lipinski definition) is 1. The number of rotatable bonds is 8. The van der Waals surface area contributed by atoms with Crippen molar-refractivity contribution in [1.29, 1.82) is 0 Å². The molecule has 1 heterocycles. The van der Waals surface area contributed by atoms with E-state index in [1.165, 1.54) is 4.90 Å². The third kappa shape index (κ3) is 6.80. The summed E-state index contributed by atoms with van der Waals surface area (Å²) in [5.41, 5.74) is 3.36. The second-order valence-corrected chi connectivity index (χ2v) is 7.91. The van der Waals surface area contributed by atoms with E-state index in [2.05, 4.69) is 10.2 Å². The number of likely N-dealkylation sites (N-methyl/N-ethyl adjacent to an activating group) is 1. The van der Waals surface area contributed by atoms with Crippen LogP contribution in [0.2, 0.25) is 0 Å². The van der Waals surface area contributed by atoms with Gasteiger partial charge >= 0.3 is 0 Å². The van der Waals surface area contributed by atoms with Crippen molar-refractivity contribution in [1.82, 2.24) is 4.90 Å². The summed E-state index contributed by atoms with van der Waals surface area (Å²) in [6, 6.07) is 15.0. The molecule has 0 unspecified atom stereocenters. The molecule has 2 aromatic carbocycles. The van der Waals surface area contributed by atoms with E-state index < -0.39 is 0 Å². The number of carbonyl (C=O) groups excluding carboxylic acids is 2. The van der Waals surface area contributed by atoms with Crippen LogP contribution >= 0.6 is 0 Å². The number of nitrogens with one attached hydrogen (secondary N) is 1. The van der Waals surface area contributed by atoms with Crippen LogP contribution in [0.15, 0.2) is 48.5 Å². The molecule has 0 radical (unpaired) electrons. The zero-order valence-corrected chi connectivity index (χ0v) is 18.5. The van der Waals surface area contributed by atoms with Crippen LogP contribution in [0.1, 0.15) is 29.8 Å². The summed E-state index contributed by atoms with van der Waals surface area (Å²) >= 11 is 0. The Kier molecular flexibility index (Phi) is 8.03. The number of carbonyl (C=O) groups is 2. The Balaban J connectivity index is 1.49. The van der Waals surface area contributed by atoms with Gasteiger partial charge in [-0.1, -0.05) is 12.1 Å². The number of amides is 2. The minimum atomic E-state index is -0.239. The van der Waals surface area contributed by atoms with Crippen LogP contribution in [0, 0.1) is 0 Å². The van der Waals surface area contributed by atoms with Crippen molar-refractivity contribution in [3.63, 3.8) is 0 Å². The number of morpholine rings is 1. The lowest BCUT2D eigenvalue weighted by atomic mass is 10.1. The maximum absolute atomic E-state index is 12.6. The number of anilines is 2. The van der Waals surface area contributed by atoms with Crippen LogP contribution in [0.4, 0.5) is 11.4 Å². The molecule has 2 amide bonds. The molecule has 31 heavy (non-hydrogen) atoms. The Morgan fingerprint density at radius 1 is 1.06 bits per heavy atom. The fraction of sp³-hybridized carbons (Fsp3) is 0.417. The van der Waals surface area contributed by atoms with Crippen molar-refractivity contribution in [3.8, 4) is 0 Å². The molecule has 1 aliphatic heterocycles. The van der Waals surface area contributed by atoms with E-state index >= 15 is 0 Å². The van der Waals surface area contributed by atoms with Crippen molar-refractivity contribution in [3.05, 3.63) is 59.7 Å². The van der Waals surface area contributed by atoms with Crippen molar-refractivity contribution in [2.75, 3.05) is 50.1 Å². The standard InChI is InChI=1S/C24H31N3O4/c1-18(2)31-17-19-4-6-20(7-5-19)24(29)26(3)16-23(28)25-21-8-10-22(11-9-21)27-12-14-30-15-13-27/h4-11,18H,12-17H2,1-3H3,(H,25,28). The van der Waals surface area contributed by atoms with Gasteiger partial charge in [0.25, 0.3) is 5.91 Å². The zero-order chi connectivity index (χ0) is 22.2. The molecule has 3 rings (SSSR count). The highest BCUT2D eigenvalue weighted by Crippen LogP contribution is 2.19. The monoisotopic (exact) mass is 425 g/mol. The summed E-state index contributed by atoms with van der Waals surface area (Å²) in [6.07, 6.45) is 0.154. The quantitative estimate of drug-likeness (QED) is 0.704. The van der Waals surface area contributed by atoms with E-state index in [9.17, 15) is 9.59 Å². The first kappa shape index (κ1) is 22.8. The van der Waals surface area contributed by atoms with Gasteiger partial charge in [-0.2, -0.15) is 0 Å². The van der Waals surface area contributed by atoms with Crippen LogP contribution < -0.4 is 10.2 Å². The van der Waals surface area contributed by atoms with Crippen LogP contribution in [0.5, 0.6) is 0 Å². The maximum atomic E-state index is 12.6. The molecule has 1 aliphatic rings. The van der Waals surface area contributed by atoms with Gasteiger partial charge in [0.15, 0.2) is 0 Å². The molecular formula is C24H31N3O4. The minimum absolute atomic E-state index is 0.0255. The normalized spacial score (nSPS) is 13.9. The molecule has 0 spiro atoms. The lowest BCUT2D eigenvalue weighted by Crippen LogP contribution is -2.36. The van der Waals surface area contributed by atoms with Crippen molar-refractivity contribution in [2.24, 2.45) is 0 Å². The summed E-state index contributed by atoms with van der Waals surface area (Å²) < 4.78 is 10.9. The third-order valence-corrected chi connectivity index (χ3v) is 5.04. The van der Waals surface area contributed by atoms with E-state index in [0.717, 1.165) is 37.6 Å². The number of nitrogens with zero attached hydrogens (tertiary/aromatic N) is 2. The average molecular weight is 426 g/mol. The highest BCUT2D eigenvalue weighted by Gasteiger charge is 2.16. The van der Waals surface area contributed by atoms with E-state index in [1.54, 1.807) is 19.2 Å². The lowest BCUT2D eigenvalue weighted by Gasteiger charge is -2.28. The largest absolute Gasteiger partial charge is 0.378 e. The fourth-order valence-electron chi connectivity index (χ4n) is 3.29. The Bertz CT molecular complexity index is 859. The van der Waals surface area contributed by atoms with E-state index in [1.807, 2.05) is 50.2 Å². The summed E-state index contributed by atoms with van der Waals surface area (Å²) in [7, 11) is 1.62. The fourth-order valence-corrected chi connectivity index (χ4v) is 3.29. The third-order valence-electron chi connectivity index (χ3n) is 5.04. The summed E-state index contributed by atoms with van der Waals surface area (Å²) in [4.78, 5) is 28.7. The molecule has 7 heteroatoms. The average Bonchev–Trinajstić information content (AvgIpc) is 2.78. The van der Waals surface area contributed by atoms with Crippen molar-refractivity contribution in [2.45, 2.75) is 26.6 Å². The Morgan fingerprint density at radius 3 is 2.32 bits per heavy atom. The SMILES string of the molecule is CC(C)OCc1ccc(C(=O)N(C)CC(=O)Nc2ccc(N3CCOCC3)cc2)cc1. The van der Waals surface area contributed by atoms with Gasteiger partial charge in [-0.3, -0.25) is 9.59 Å². The van der Waals surface area contributed by atoms with Gasteiger partial charge in [-0.25, -0.2) is 0 Å². The molecular weight excluding hydrogens is 394 g/mol. The molecule has 1 fully saturated rings. The zero-order valence-electron chi connectivity index (χ0n) is 18.5. The molecule has 0 atom stereocenters. The van der Waals surface area contributed by atoms with Gasteiger partial charge in [0.1, 0.15) is 0 Å². The van der Waals surface area contributed by atoms with E-state index in [4.69, 9.17) is 9.47 Å². The highest BCUT2D eigenvalue weighted by molar-refractivity contribution is 5.99. The summed E-state index contributed by atoms with van der Waals surface area (Å²) in [6.45, 7) is 7.64. The van der Waals surface area contributed by atoms with Crippen LogP contribution in [0.25, 0.3) is 0 Å². The Hall–Kier alpha value is -2.90. The maximum Gasteiger partial charge on any atom is 0.254 e. The van der Waals surface area contributed by atoms with Crippen molar-refractivity contribution >= 4 is 23.2 Å². The van der Waals surface area contributed by atoms with Gasteiger partial charge in [0, 0.05) is 37.1 Å². The van der Waals surface area contributed by atoms with E-state index in [-0.39, 0.29) is 24.5 Å². The van der Waals surface area contributed by atoms with Crippen LogP contribution in [-0.2, 0) is 20.9 Å². The Morgan fingerprint density at radius 2 is 1.71 bits per heavy atom. The molecule has 7 nitrogen and oxygen atoms in total. The molecule has 0 bridgehead atoms. The second kappa shape index (κ2) is 10.9. The lowest BCUT2D eigenvalue weighted by molar-refractivity contribution is -0.116. The molecule has 166 valence electrons. The number of benzene rings is 2.